The number of halogens is 1. The van der Waals surface area contributed by atoms with Crippen LogP contribution in [0, 0.1) is 0 Å². The molecule has 3 N–H and O–H groups in total. The van der Waals surface area contributed by atoms with E-state index in [0.29, 0.717) is 28.6 Å². The van der Waals surface area contributed by atoms with Gasteiger partial charge in [-0.25, -0.2) is 9.98 Å². The Morgan fingerprint density at radius 1 is 1.41 bits per heavy atom. The summed E-state index contributed by atoms with van der Waals surface area (Å²) >= 11 is 6.69. The van der Waals surface area contributed by atoms with Crippen LogP contribution in [0.4, 0.5) is 5.69 Å². The average molecular weight is 459 g/mol. The number of nitrogens with two attached hydrogens (primary N) is 1. The SMILES string of the molecule is C[C@@H]1C[C@H](N2C(=O)C[C@@](C)(c3cccc(NC(=O)c4cncn4C)c3Cl)N=C2N)CCO1. The highest BCUT2D eigenvalue weighted by atomic mass is 35.5. The molecule has 4 rings (SSSR count). The number of nitrogens with zero attached hydrogens (tertiary/aromatic N) is 4. The van der Waals surface area contributed by atoms with Gasteiger partial charge in [0, 0.05) is 25.3 Å². The fourth-order valence-electron chi connectivity index (χ4n) is 4.42. The summed E-state index contributed by atoms with van der Waals surface area (Å²) in [5.41, 5.74) is 6.80. The summed E-state index contributed by atoms with van der Waals surface area (Å²) in [5, 5.41) is 3.14. The van der Waals surface area contributed by atoms with Gasteiger partial charge in [-0.15, -0.1) is 0 Å². The zero-order valence-electron chi connectivity index (χ0n) is 18.3. The molecule has 2 amide bonds. The lowest BCUT2D eigenvalue weighted by molar-refractivity contribution is -0.133. The van der Waals surface area contributed by atoms with Gasteiger partial charge in [-0.3, -0.25) is 14.5 Å². The molecule has 0 unspecified atom stereocenters. The van der Waals surface area contributed by atoms with Gasteiger partial charge in [0.05, 0.1) is 41.3 Å². The molecule has 2 aliphatic heterocycles. The smallest absolute Gasteiger partial charge is 0.273 e. The second kappa shape index (κ2) is 8.55. The lowest BCUT2D eigenvalue weighted by atomic mass is 9.86. The number of nitrogens with one attached hydrogen (secondary N) is 1. The van der Waals surface area contributed by atoms with E-state index in [1.165, 1.54) is 6.20 Å². The summed E-state index contributed by atoms with van der Waals surface area (Å²) in [6, 6.07) is 5.25. The zero-order chi connectivity index (χ0) is 23.0. The van der Waals surface area contributed by atoms with E-state index >= 15 is 0 Å². The molecule has 0 saturated carbocycles. The number of anilines is 1. The second-order valence-electron chi connectivity index (χ2n) is 8.56. The number of aryl methyl sites for hydroxylation is 1. The maximum atomic E-state index is 13.2. The minimum absolute atomic E-state index is 0.0282. The highest BCUT2D eigenvalue weighted by molar-refractivity contribution is 6.34. The first kappa shape index (κ1) is 22.3. The predicted octanol–water partition coefficient (Wildman–Crippen LogP) is 2.66. The average Bonchev–Trinajstić information content (AvgIpc) is 3.15. The number of benzene rings is 1. The van der Waals surface area contributed by atoms with Crippen molar-refractivity contribution in [2.24, 2.45) is 17.8 Å². The molecule has 2 aliphatic rings. The van der Waals surface area contributed by atoms with Gasteiger partial charge in [-0.1, -0.05) is 23.7 Å². The van der Waals surface area contributed by atoms with Gasteiger partial charge in [-0.05, 0) is 32.8 Å². The number of amides is 2. The van der Waals surface area contributed by atoms with Crippen molar-refractivity contribution in [2.45, 2.75) is 50.8 Å². The van der Waals surface area contributed by atoms with Gasteiger partial charge in [-0.2, -0.15) is 0 Å². The molecule has 170 valence electrons. The maximum Gasteiger partial charge on any atom is 0.273 e. The third-order valence-electron chi connectivity index (χ3n) is 6.07. The number of carbonyl (C=O) groups is 2. The maximum absolute atomic E-state index is 13.2. The Balaban J connectivity index is 1.62. The highest BCUT2D eigenvalue weighted by Gasteiger charge is 2.42. The number of ether oxygens (including phenoxy) is 1. The minimum Gasteiger partial charge on any atom is -0.378 e. The van der Waals surface area contributed by atoms with E-state index in [1.807, 2.05) is 13.8 Å². The number of hydrogen-bond acceptors (Lipinski definition) is 6. The van der Waals surface area contributed by atoms with Crippen molar-refractivity contribution in [3.8, 4) is 0 Å². The van der Waals surface area contributed by atoms with Crippen LogP contribution in [0.1, 0.15) is 49.2 Å². The predicted molar refractivity (Wildman–Crippen MR) is 121 cm³/mol. The fraction of sp³-hybridized carbons (Fsp3) is 0.455. The van der Waals surface area contributed by atoms with Crippen LogP contribution in [0.15, 0.2) is 35.7 Å². The summed E-state index contributed by atoms with van der Waals surface area (Å²) in [4.78, 5) is 36.1. The molecule has 32 heavy (non-hydrogen) atoms. The Labute approximate surface area is 191 Å². The van der Waals surface area contributed by atoms with E-state index in [0.717, 1.165) is 12.8 Å². The quantitative estimate of drug-likeness (QED) is 0.730. The van der Waals surface area contributed by atoms with Crippen LogP contribution in [-0.2, 0) is 22.1 Å². The van der Waals surface area contributed by atoms with Crippen molar-refractivity contribution >= 4 is 35.1 Å². The van der Waals surface area contributed by atoms with E-state index in [9.17, 15) is 9.59 Å². The molecule has 0 bridgehead atoms. The van der Waals surface area contributed by atoms with E-state index in [4.69, 9.17) is 27.1 Å². The zero-order valence-corrected chi connectivity index (χ0v) is 19.1. The second-order valence-corrected chi connectivity index (χ2v) is 8.93. The lowest BCUT2D eigenvalue weighted by Gasteiger charge is -2.41. The Bertz CT molecular complexity index is 1080. The first-order chi connectivity index (χ1) is 15.2. The molecule has 3 atom stereocenters. The topological polar surface area (TPSA) is 115 Å². The Morgan fingerprint density at radius 3 is 2.84 bits per heavy atom. The van der Waals surface area contributed by atoms with Gasteiger partial charge >= 0.3 is 0 Å². The summed E-state index contributed by atoms with van der Waals surface area (Å²) in [6.07, 6.45) is 4.65. The van der Waals surface area contributed by atoms with Crippen molar-refractivity contribution in [1.82, 2.24) is 14.5 Å². The molecule has 1 aromatic carbocycles. The normalized spacial score (nSPS) is 26.1. The van der Waals surface area contributed by atoms with Crippen LogP contribution in [0.2, 0.25) is 5.02 Å². The Kier molecular flexibility index (Phi) is 5.96. The number of rotatable bonds is 4. The van der Waals surface area contributed by atoms with Crippen LogP contribution in [0.3, 0.4) is 0 Å². The Hall–Kier alpha value is -2.91. The number of aliphatic imine (C=N–C) groups is 1. The van der Waals surface area contributed by atoms with Gasteiger partial charge in [0.1, 0.15) is 5.69 Å². The molecule has 0 aliphatic carbocycles. The molecular formula is C22H27ClN6O3. The molecule has 1 saturated heterocycles. The molecule has 1 fully saturated rings. The van der Waals surface area contributed by atoms with E-state index < -0.39 is 5.54 Å². The highest BCUT2D eigenvalue weighted by Crippen LogP contribution is 2.41. The molecule has 3 heterocycles. The number of hydrogen-bond donors (Lipinski definition) is 2. The van der Waals surface area contributed by atoms with E-state index in [2.05, 4.69) is 10.3 Å². The monoisotopic (exact) mass is 458 g/mol. The van der Waals surface area contributed by atoms with Crippen molar-refractivity contribution in [3.63, 3.8) is 0 Å². The van der Waals surface area contributed by atoms with Crippen LogP contribution >= 0.6 is 11.6 Å². The van der Waals surface area contributed by atoms with Gasteiger partial charge < -0.3 is 20.4 Å². The minimum atomic E-state index is -0.946. The molecular weight excluding hydrogens is 432 g/mol. The molecule has 9 nitrogen and oxygen atoms in total. The third kappa shape index (κ3) is 4.10. The number of carbonyl (C=O) groups excluding carboxylic acids is 2. The number of aromatic nitrogens is 2. The fourth-order valence-corrected chi connectivity index (χ4v) is 4.79. The molecule has 10 heteroatoms. The van der Waals surface area contributed by atoms with Crippen molar-refractivity contribution in [2.75, 3.05) is 11.9 Å². The van der Waals surface area contributed by atoms with Crippen molar-refractivity contribution < 1.29 is 14.3 Å². The van der Waals surface area contributed by atoms with Gasteiger partial charge in [0.2, 0.25) is 5.91 Å². The first-order valence-corrected chi connectivity index (χ1v) is 10.9. The summed E-state index contributed by atoms with van der Waals surface area (Å²) in [7, 11) is 1.73. The summed E-state index contributed by atoms with van der Waals surface area (Å²) in [5.74, 6) is -0.250. The van der Waals surface area contributed by atoms with Crippen LogP contribution in [-0.4, -0.2) is 51.0 Å². The van der Waals surface area contributed by atoms with E-state index in [-0.39, 0.29) is 36.3 Å². The van der Waals surface area contributed by atoms with Gasteiger partial charge in [0.25, 0.3) is 5.91 Å². The summed E-state index contributed by atoms with van der Waals surface area (Å²) in [6.45, 7) is 4.41. The van der Waals surface area contributed by atoms with Crippen LogP contribution < -0.4 is 11.1 Å². The molecule has 1 aromatic heterocycles. The molecule has 0 radical (unpaired) electrons. The third-order valence-corrected chi connectivity index (χ3v) is 6.48. The number of guanidine groups is 1. The summed E-state index contributed by atoms with van der Waals surface area (Å²) < 4.78 is 7.21. The van der Waals surface area contributed by atoms with E-state index in [1.54, 1.807) is 41.0 Å². The van der Waals surface area contributed by atoms with Crippen molar-refractivity contribution in [3.05, 3.63) is 47.0 Å². The lowest BCUT2D eigenvalue weighted by Crippen LogP contribution is -2.56. The van der Waals surface area contributed by atoms with Crippen molar-refractivity contribution in [1.29, 1.82) is 0 Å². The standard InChI is InChI=1S/C22H27ClN6O3/c1-13-9-14(7-8-32-13)29-18(30)10-22(2,27-21(29)24)15-5-4-6-16(19(15)23)26-20(31)17-11-25-12-28(17)3/h4-6,11-14H,7-10H2,1-3H3,(H2,24,27)(H,26,31)/t13-,14-,22+/m1/s1. The largest absolute Gasteiger partial charge is 0.378 e. The molecule has 0 spiro atoms. The number of imidazole rings is 1. The van der Waals surface area contributed by atoms with Gasteiger partial charge in [0.15, 0.2) is 5.96 Å². The van der Waals surface area contributed by atoms with Crippen LogP contribution in [0.25, 0.3) is 0 Å². The van der Waals surface area contributed by atoms with Crippen LogP contribution in [0.5, 0.6) is 0 Å². The Morgan fingerprint density at radius 2 is 2.19 bits per heavy atom. The molecule has 2 aromatic rings. The first-order valence-electron chi connectivity index (χ1n) is 10.6.